The van der Waals surface area contributed by atoms with Crippen molar-refractivity contribution in [2.75, 3.05) is 0 Å². The van der Waals surface area contributed by atoms with Gasteiger partial charge in [-0.2, -0.15) is 0 Å². The molecule has 0 aromatic carbocycles. The van der Waals surface area contributed by atoms with Gasteiger partial charge < -0.3 is 5.32 Å². The second-order valence-corrected chi connectivity index (χ2v) is 5.26. The van der Waals surface area contributed by atoms with E-state index in [9.17, 15) is 4.79 Å². The third kappa shape index (κ3) is 2.45. The maximum absolute atomic E-state index is 11.7. The van der Waals surface area contributed by atoms with E-state index in [0.29, 0.717) is 5.69 Å². The SMILES string of the molecule is CC(C)NC(=O)c1csc(-c2nccs2)n1. The van der Waals surface area contributed by atoms with Crippen LogP contribution in [0.25, 0.3) is 10.0 Å². The quantitative estimate of drug-likeness (QED) is 0.914. The van der Waals surface area contributed by atoms with E-state index in [0.717, 1.165) is 10.0 Å². The van der Waals surface area contributed by atoms with Gasteiger partial charge in [0.1, 0.15) is 5.69 Å². The van der Waals surface area contributed by atoms with Crippen LogP contribution in [0.5, 0.6) is 0 Å². The van der Waals surface area contributed by atoms with Gasteiger partial charge in [-0.15, -0.1) is 22.7 Å². The highest BCUT2D eigenvalue weighted by Gasteiger charge is 2.13. The molecule has 0 aliphatic heterocycles. The first-order valence-electron chi connectivity index (χ1n) is 4.83. The minimum Gasteiger partial charge on any atom is -0.349 e. The summed E-state index contributed by atoms with van der Waals surface area (Å²) in [6.45, 7) is 3.85. The van der Waals surface area contributed by atoms with Crippen LogP contribution in [0, 0.1) is 0 Å². The minimum absolute atomic E-state index is 0.123. The lowest BCUT2D eigenvalue weighted by atomic mass is 10.3. The maximum Gasteiger partial charge on any atom is 0.270 e. The molecule has 0 bridgehead atoms. The zero-order valence-electron chi connectivity index (χ0n) is 8.93. The Labute approximate surface area is 101 Å². The fourth-order valence-electron chi connectivity index (χ4n) is 1.14. The minimum atomic E-state index is -0.131. The first kappa shape index (κ1) is 11.2. The molecule has 2 heterocycles. The molecular weight excluding hydrogens is 242 g/mol. The van der Waals surface area contributed by atoms with E-state index >= 15 is 0 Å². The van der Waals surface area contributed by atoms with Crippen molar-refractivity contribution < 1.29 is 4.79 Å². The molecule has 0 saturated heterocycles. The third-order valence-corrected chi connectivity index (χ3v) is 3.53. The van der Waals surface area contributed by atoms with Gasteiger partial charge in [0.2, 0.25) is 0 Å². The largest absolute Gasteiger partial charge is 0.349 e. The monoisotopic (exact) mass is 253 g/mol. The second-order valence-electron chi connectivity index (χ2n) is 3.50. The molecule has 2 aromatic rings. The maximum atomic E-state index is 11.7. The Morgan fingerprint density at radius 1 is 1.38 bits per heavy atom. The van der Waals surface area contributed by atoms with Gasteiger partial charge in [0.25, 0.3) is 5.91 Å². The number of amides is 1. The number of carbonyl (C=O) groups is 1. The molecule has 0 unspecified atom stereocenters. The Hall–Kier alpha value is -1.27. The van der Waals surface area contributed by atoms with Crippen molar-refractivity contribution in [3.63, 3.8) is 0 Å². The van der Waals surface area contributed by atoms with Crippen molar-refractivity contribution in [2.24, 2.45) is 0 Å². The van der Waals surface area contributed by atoms with Gasteiger partial charge in [-0.1, -0.05) is 0 Å². The molecule has 0 spiro atoms. The second kappa shape index (κ2) is 4.71. The number of hydrogen-bond acceptors (Lipinski definition) is 5. The molecule has 0 radical (unpaired) electrons. The van der Waals surface area contributed by atoms with Crippen LogP contribution in [0.1, 0.15) is 24.3 Å². The Bertz CT molecular complexity index is 476. The number of nitrogens with one attached hydrogen (secondary N) is 1. The van der Waals surface area contributed by atoms with Crippen molar-refractivity contribution >= 4 is 28.6 Å². The summed E-state index contributed by atoms with van der Waals surface area (Å²) >= 11 is 2.96. The number of carbonyl (C=O) groups excluding carboxylic acids is 1. The molecule has 2 aromatic heterocycles. The highest BCUT2D eigenvalue weighted by atomic mass is 32.1. The summed E-state index contributed by atoms with van der Waals surface area (Å²) in [5, 5.41) is 8.11. The van der Waals surface area contributed by atoms with Crippen LogP contribution in [0.2, 0.25) is 0 Å². The molecule has 16 heavy (non-hydrogen) atoms. The van der Waals surface area contributed by atoms with E-state index in [4.69, 9.17) is 0 Å². The summed E-state index contributed by atoms with van der Waals surface area (Å²) in [5.74, 6) is -0.131. The van der Waals surface area contributed by atoms with Crippen molar-refractivity contribution in [3.05, 3.63) is 22.7 Å². The van der Waals surface area contributed by atoms with Crippen LogP contribution in [0.15, 0.2) is 17.0 Å². The molecule has 0 aliphatic carbocycles. The predicted octanol–water partition coefficient (Wildman–Crippen LogP) is 2.40. The van der Waals surface area contributed by atoms with Crippen LogP contribution < -0.4 is 5.32 Å². The van der Waals surface area contributed by atoms with E-state index in [2.05, 4.69) is 15.3 Å². The molecule has 0 fully saturated rings. The fraction of sp³-hybridized carbons (Fsp3) is 0.300. The topological polar surface area (TPSA) is 54.9 Å². The van der Waals surface area contributed by atoms with Gasteiger partial charge >= 0.3 is 0 Å². The average molecular weight is 253 g/mol. The summed E-state index contributed by atoms with van der Waals surface area (Å²) in [5.41, 5.74) is 0.462. The molecule has 2 rings (SSSR count). The highest BCUT2D eigenvalue weighted by Crippen LogP contribution is 2.25. The molecule has 1 amide bonds. The van der Waals surface area contributed by atoms with Gasteiger partial charge in [0, 0.05) is 23.0 Å². The van der Waals surface area contributed by atoms with Gasteiger partial charge in [-0.25, -0.2) is 9.97 Å². The van der Waals surface area contributed by atoms with Crippen molar-refractivity contribution in [1.82, 2.24) is 15.3 Å². The number of rotatable bonds is 3. The lowest BCUT2D eigenvalue weighted by Gasteiger charge is -2.05. The molecule has 0 saturated carbocycles. The van der Waals surface area contributed by atoms with E-state index < -0.39 is 0 Å². The highest BCUT2D eigenvalue weighted by molar-refractivity contribution is 7.19. The van der Waals surface area contributed by atoms with Gasteiger partial charge in [-0.3, -0.25) is 4.79 Å². The smallest absolute Gasteiger partial charge is 0.270 e. The molecule has 0 aliphatic rings. The Morgan fingerprint density at radius 3 is 2.81 bits per heavy atom. The number of aromatic nitrogens is 2. The van der Waals surface area contributed by atoms with Crippen molar-refractivity contribution in [1.29, 1.82) is 0 Å². The average Bonchev–Trinajstić information content (AvgIpc) is 2.87. The zero-order chi connectivity index (χ0) is 11.5. The van der Waals surface area contributed by atoms with Crippen LogP contribution in [0.3, 0.4) is 0 Å². The van der Waals surface area contributed by atoms with E-state index in [1.54, 1.807) is 11.6 Å². The summed E-state index contributed by atoms with van der Waals surface area (Å²) in [7, 11) is 0. The first-order valence-corrected chi connectivity index (χ1v) is 6.59. The number of nitrogens with zero attached hydrogens (tertiary/aromatic N) is 2. The van der Waals surface area contributed by atoms with E-state index in [-0.39, 0.29) is 11.9 Å². The van der Waals surface area contributed by atoms with Crippen LogP contribution in [0.4, 0.5) is 0 Å². The summed E-state index contributed by atoms with van der Waals surface area (Å²) in [4.78, 5) is 20.1. The number of thiazole rings is 2. The van der Waals surface area contributed by atoms with Crippen LogP contribution in [-0.4, -0.2) is 21.9 Å². The van der Waals surface area contributed by atoms with E-state index in [1.165, 1.54) is 22.7 Å². The fourth-order valence-corrected chi connectivity index (χ4v) is 2.64. The normalized spacial score (nSPS) is 10.7. The van der Waals surface area contributed by atoms with Crippen molar-refractivity contribution in [2.45, 2.75) is 19.9 Å². The summed E-state index contributed by atoms with van der Waals surface area (Å²) < 4.78 is 0. The molecule has 1 N–H and O–H groups in total. The molecule has 0 atom stereocenters. The molecule has 4 nitrogen and oxygen atoms in total. The Balaban J connectivity index is 2.17. The van der Waals surface area contributed by atoms with Gasteiger partial charge in [-0.05, 0) is 13.8 Å². The summed E-state index contributed by atoms with van der Waals surface area (Å²) in [6.07, 6.45) is 1.73. The Kier molecular flexibility index (Phi) is 3.31. The zero-order valence-corrected chi connectivity index (χ0v) is 10.6. The lowest BCUT2D eigenvalue weighted by molar-refractivity contribution is 0.0939. The molecule has 6 heteroatoms. The van der Waals surface area contributed by atoms with Crippen molar-refractivity contribution in [3.8, 4) is 10.0 Å². The predicted molar refractivity (Wildman–Crippen MR) is 65.8 cm³/mol. The molecule has 84 valence electrons. The Morgan fingerprint density at radius 2 is 2.19 bits per heavy atom. The van der Waals surface area contributed by atoms with Crippen LogP contribution in [-0.2, 0) is 0 Å². The first-order chi connectivity index (χ1) is 7.66. The summed E-state index contributed by atoms with van der Waals surface area (Å²) in [6, 6.07) is 0.123. The third-order valence-electron chi connectivity index (χ3n) is 1.77. The lowest BCUT2D eigenvalue weighted by Crippen LogP contribution is -2.30. The van der Waals surface area contributed by atoms with Gasteiger partial charge in [0.05, 0.1) is 0 Å². The molecular formula is C10H11N3OS2. The van der Waals surface area contributed by atoms with E-state index in [1.807, 2.05) is 19.2 Å². The van der Waals surface area contributed by atoms with Crippen LogP contribution >= 0.6 is 22.7 Å². The van der Waals surface area contributed by atoms with Gasteiger partial charge in [0.15, 0.2) is 10.0 Å². The number of hydrogen-bond donors (Lipinski definition) is 1. The standard InChI is InChI=1S/C10H11N3OS2/c1-6(2)12-8(14)7-5-16-10(13-7)9-11-3-4-15-9/h3-6H,1-2H3,(H,12,14).